The molecule has 64 valence electrons. The zero-order chi connectivity index (χ0) is 8.55. The number of carboxylic acids is 1. The van der Waals surface area contributed by atoms with Crippen molar-refractivity contribution in [3.63, 3.8) is 0 Å². The molecule has 1 aromatic rings. The molecule has 0 radical (unpaired) electrons. The third-order valence-electron chi connectivity index (χ3n) is 1.92. The second-order valence-electron chi connectivity index (χ2n) is 2.72. The monoisotopic (exact) mass is 184 g/mol. The Morgan fingerprint density at radius 2 is 2.67 bits per heavy atom. The Morgan fingerprint density at radius 3 is 3.42 bits per heavy atom. The van der Waals surface area contributed by atoms with Crippen LogP contribution in [0.2, 0.25) is 0 Å². The van der Waals surface area contributed by atoms with Gasteiger partial charge >= 0.3 is 5.97 Å². The van der Waals surface area contributed by atoms with Crippen LogP contribution < -0.4 is 0 Å². The van der Waals surface area contributed by atoms with Crippen LogP contribution in [0.15, 0.2) is 6.20 Å². The van der Waals surface area contributed by atoms with Crippen molar-refractivity contribution in [2.24, 2.45) is 0 Å². The summed E-state index contributed by atoms with van der Waals surface area (Å²) in [6, 6.07) is 0. The largest absolute Gasteiger partial charge is 0.480 e. The third kappa shape index (κ3) is 1.20. The molecular weight excluding hydrogens is 176 g/mol. The second kappa shape index (κ2) is 2.82. The minimum absolute atomic E-state index is 0.296. The molecule has 5 heteroatoms. The minimum Gasteiger partial charge on any atom is -0.480 e. The highest BCUT2D eigenvalue weighted by Crippen LogP contribution is 2.28. The van der Waals surface area contributed by atoms with Crippen molar-refractivity contribution in [3.8, 4) is 0 Å². The van der Waals surface area contributed by atoms with E-state index in [-0.39, 0.29) is 5.25 Å². The number of aromatic amines is 1. The summed E-state index contributed by atoms with van der Waals surface area (Å²) in [5.74, 6) is -0.00130. The highest BCUT2D eigenvalue weighted by Gasteiger charge is 2.25. The van der Waals surface area contributed by atoms with Crippen LogP contribution in [-0.4, -0.2) is 26.5 Å². The maximum atomic E-state index is 10.6. The molecule has 1 aliphatic rings. The van der Waals surface area contributed by atoms with Crippen molar-refractivity contribution in [1.29, 1.82) is 0 Å². The molecule has 2 rings (SSSR count). The van der Waals surface area contributed by atoms with E-state index in [1.165, 1.54) is 11.8 Å². The Morgan fingerprint density at radius 1 is 1.83 bits per heavy atom. The van der Waals surface area contributed by atoms with Crippen LogP contribution in [0.5, 0.6) is 0 Å². The predicted molar refractivity (Wildman–Crippen MR) is 45.0 cm³/mol. The summed E-state index contributed by atoms with van der Waals surface area (Å²) in [5, 5.41) is 15.2. The van der Waals surface area contributed by atoms with E-state index in [1.807, 2.05) is 0 Å². The van der Waals surface area contributed by atoms with E-state index < -0.39 is 5.97 Å². The number of thioether (sulfide) groups is 1. The van der Waals surface area contributed by atoms with E-state index in [2.05, 4.69) is 10.2 Å². The molecule has 12 heavy (non-hydrogen) atoms. The summed E-state index contributed by atoms with van der Waals surface area (Å²) < 4.78 is 0. The average Bonchev–Trinajstić information content (AvgIpc) is 2.49. The van der Waals surface area contributed by atoms with Gasteiger partial charge in [-0.3, -0.25) is 9.89 Å². The molecule has 2 N–H and O–H groups in total. The van der Waals surface area contributed by atoms with E-state index in [0.717, 1.165) is 17.0 Å². The summed E-state index contributed by atoms with van der Waals surface area (Å²) in [6.07, 6.45) is 2.30. The van der Waals surface area contributed by atoms with Gasteiger partial charge in [0.05, 0.1) is 6.20 Å². The van der Waals surface area contributed by atoms with Crippen LogP contribution >= 0.6 is 11.8 Å². The fraction of sp³-hybridized carbons (Fsp3) is 0.429. The molecular formula is C7H8N2O2S. The molecule has 0 amide bonds. The molecule has 0 unspecified atom stereocenters. The van der Waals surface area contributed by atoms with Crippen LogP contribution in [0.25, 0.3) is 0 Å². The molecule has 0 aromatic carbocycles. The average molecular weight is 184 g/mol. The first-order valence-electron chi connectivity index (χ1n) is 3.63. The SMILES string of the molecule is O=C(O)[C@@H]1Cc2cn[nH]c2CS1. The van der Waals surface area contributed by atoms with Gasteiger partial charge in [0.15, 0.2) is 0 Å². The van der Waals surface area contributed by atoms with Crippen LogP contribution in [0, 0.1) is 0 Å². The molecule has 2 heterocycles. The van der Waals surface area contributed by atoms with E-state index in [1.54, 1.807) is 6.20 Å². The number of carboxylic acid groups (broad SMARTS) is 1. The van der Waals surface area contributed by atoms with Crippen molar-refractivity contribution in [2.45, 2.75) is 17.4 Å². The van der Waals surface area contributed by atoms with Crippen molar-refractivity contribution in [2.75, 3.05) is 0 Å². The number of aromatic nitrogens is 2. The molecule has 0 saturated carbocycles. The number of rotatable bonds is 1. The number of nitrogens with zero attached hydrogens (tertiary/aromatic N) is 1. The highest BCUT2D eigenvalue weighted by molar-refractivity contribution is 7.99. The van der Waals surface area contributed by atoms with Gasteiger partial charge in [0.1, 0.15) is 5.25 Å². The van der Waals surface area contributed by atoms with E-state index in [9.17, 15) is 4.79 Å². The Labute approximate surface area is 73.4 Å². The first-order valence-corrected chi connectivity index (χ1v) is 4.68. The number of fused-ring (bicyclic) bond motifs is 1. The van der Waals surface area contributed by atoms with Crippen molar-refractivity contribution in [1.82, 2.24) is 10.2 Å². The fourth-order valence-corrected chi connectivity index (χ4v) is 2.30. The zero-order valence-corrected chi connectivity index (χ0v) is 7.10. The Bertz CT molecular complexity index is 310. The molecule has 1 atom stereocenters. The topological polar surface area (TPSA) is 66.0 Å². The van der Waals surface area contributed by atoms with Crippen LogP contribution in [0.1, 0.15) is 11.3 Å². The van der Waals surface area contributed by atoms with Crippen molar-refractivity contribution in [3.05, 3.63) is 17.5 Å². The van der Waals surface area contributed by atoms with Crippen molar-refractivity contribution >= 4 is 17.7 Å². The van der Waals surface area contributed by atoms with Gasteiger partial charge in [-0.1, -0.05) is 0 Å². The maximum Gasteiger partial charge on any atom is 0.316 e. The van der Waals surface area contributed by atoms with Gasteiger partial charge in [0.2, 0.25) is 0 Å². The molecule has 1 aromatic heterocycles. The Hall–Kier alpha value is -0.970. The highest BCUT2D eigenvalue weighted by atomic mass is 32.2. The molecule has 0 aliphatic carbocycles. The number of carbonyl (C=O) groups is 1. The van der Waals surface area contributed by atoms with Crippen LogP contribution in [0.3, 0.4) is 0 Å². The number of H-pyrrole nitrogens is 1. The lowest BCUT2D eigenvalue weighted by atomic mass is 10.1. The quantitative estimate of drug-likeness (QED) is 0.672. The summed E-state index contributed by atoms with van der Waals surface area (Å²) in [4.78, 5) is 10.6. The number of aliphatic carboxylic acids is 1. The predicted octanol–water partition coefficient (Wildman–Crippen LogP) is 0.652. The second-order valence-corrected chi connectivity index (χ2v) is 3.91. The van der Waals surface area contributed by atoms with Gasteiger partial charge in [-0.25, -0.2) is 0 Å². The lowest BCUT2D eigenvalue weighted by molar-refractivity contribution is -0.136. The van der Waals surface area contributed by atoms with Gasteiger partial charge in [-0.15, -0.1) is 11.8 Å². The minimum atomic E-state index is -0.730. The third-order valence-corrected chi connectivity index (χ3v) is 3.14. The Balaban J connectivity index is 2.20. The summed E-state index contributed by atoms with van der Waals surface area (Å²) in [6.45, 7) is 0. The summed E-state index contributed by atoms with van der Waals surface area (Å²) >= 11 is 1.45. The standard InChI is InChI=1S/C7H8N2O2S/c10-7(11)6-1-4-2-8-9-5(4)3-12-6/h2,6H,1,3H2,(H,8,9)(H,10,11)/t6-/m0/s1. The fourth-order valence-electron chi connectivity index (χ4n) is 1.24. The lowest BCUT2D eigenvalue weighted by Gasteiger charge is -2.16. The zero-order valence-electron chi connectivity index (χ0n) is 6.28. The number of hydrogen-bond acceptors (Lipinski definition) is 3. The van der Waals surface area contributed by atoms with Gasteiger partial charge in [-0.05, 0) is 12.0 Å². The maximum absolute atomic E-state index is 10.6. The van der Waals surface area contributed by atoms with E-state index >= 15 is 0 Å². The summed E-state index contributed by atoms with van der Waals surface area (Å²) in [5.41, 5.74) is 2.11. The lowest BCUT2D eigenvalue weighted by Crippen LogP contribution is -2.22. The first kappa shape index (κ1) is 7.67. The Kier molecular flexibility index (Phi) is 1.80. The van der Waals surface area contributed by atoms with Gasteiger partial charge in [0, 0.05) is 11.4 Å². The molecule has 1 aliphatic heterocycles. The van der Waals surface area contributed by atoms with Gasteiger partial charge in [0.25, 0.3) is 0 Å². The van der Waals surface area contributed by atoms with Gasteiger partial charge in [-0.2, -0.15) is 5.10 Å². The molecule has 4 nitrogen and oxygen atoms in total. The van der Waals surface area contributed by atoms with E-state index in [4.69, 9.17) is 5.11 Å². The van der Waals surface area contributed by atoms with E-state index in [0.29, 0.717) is 6.42 Å². The smallest absolute Gasteiger partial charge is 0.316 e. The van der Waals surface area contributed by atoms with Gasteiger partial charge < -0.3 is 5.11 Å². The summed E-state index contributed by atoms with van der Waals surface area (Å²) in [7, 11) is 0. The normalized spacial score (nSPS) is 21.8. The number of nitrogens with one attached hydrogen (secondary N) is 1. The van der Waals surface area contributed by atoms with Crippen LogP contribution in [-0.2, 0) is 17.0 Å². The first-order chi connectivity index (χ1) is 5.77. The number of hydrogen-bond donors (Lipinski definition) is 2. The van der Waals surface area contributed by atoms with Crippen molar-refractivity contribution < 1.29 is 9.90 Å². The molecule has 0 spiro atoms. The molecule has 0 bridgehead atoms. The van der Waals surface area contributed by atoms with Crippen LogP contribution in [0.4, 0.5) is 0 Å². The molecule has 0 saturated heterocycles. The molecule has 0 fully saturated rings.